The van der Waals surface area contributed by atoms with Crippen molar-refractivity contribution in [1.82, 2.24) is 19.6 Å². The molecule has 2 heterocycles. The summed E-state index contributed by atoms with van der Waals surface area (Å²) >= 11 is 0. The number of rotatable bonds is 5. The Labute approximate surface area is 210 Å². The molecular formula is C29H19N5O3. The Hall–Kier alpha value is -5.37. The van der Waals surface area contributed by atoms with E-state index < -0.39 is 4.92 Å². The lowest BCUT2D eigenvalue weighted by Gasteiger charge is -2.11. The average molecular weight is 486 g/mol. The summed E-state index contributed by atoms with van der Waals surface area (Å²) in [6.45, 7) is 0. The van der Waals surface area contributed by atoms with Gasteiger partial charge in [0.1, 0.15) is 5.69 Å². The van der Waals surface area contributed by atoms with Crippen molar-refractivity contribution in [2.24, 2.45) is 0 Å². The van der Waals surface area contributed by atoms with Gasteiger partial charge in [-0.25, -0.2) is 4.68 Å². The van der Waals surface area contributed by atoms with Gasteiger partial charge in [0.05, 0.1) is 27.4 Å². The van der Waals surface area contributed by atoms with Crippen LogP contribution in [0, 0.1) is 10.1 Å². The molecule has 0 fully saturated rings. The van der Waals surface area contributed by atoms with Gasteiger partial charge in [-0.3, -0.25) is 14.9 Å². The lowest BCUT2D eigenvalue weighted by Crippen LogP contribution is -2.22. The standard InChI is InChI=1S/C29H19N5O3/c35-29-27-25(26(20-11-4-1-5-12-20)30-33(29)22-15-8-3-9-16-22)28(21-13-6-2-7-14-21)32(31-27)23-17-10-18-24(19-23)34(36)37/h1-19H. The summed E-state index contributed by atoms with van der Waals surface area (Å²) in [4.78, 5) is 24.9. The molecule has 0 saturated heterocycles. The molecule has 37 heavy (non-hydrogen) atoms. The highest BCUT2D eigenvalue weighted by Gasteiger charge is 2.24. The van der Waals surface area contributed by atoms with Gasteiger partial charge in [-0.15, -0.1) is 0 Å². The third kappa shape index (κ3) is 3.86. The molecule has 0 aliphatic carbocycles. The molecule has 0 aliphatic rings. The van der Waals surface area contributed by atoms with Crippen LogP contribution in [0.3, 0.4) is 0 Å². The maximum Gasteiger partial charge on any atom is 0.299 e. The molecule has 4 aromatic carbocycles. The van der Waals surface area contributed by atoms with Crippen LogP contribution in [0.1, 0.15) is 0 Å². The van der Waals surface area contributed by atoms with E-state index in [9.17, 15) is 14.9 Å². The van der Waals surface area contributed by atoms with Crippen molar-refractivity contribution in [2.75, 3.05) is 0 Å². The largest absolute Gasteiger partial charge is 0.299 e. The quantitative estimate of drug-likeness (QED) is 0.227. The molecule has 0 N–H and O–H groups in total. The van der Waals surface area contributed by atoms with E-state index in [2.05, 4.69) is 0 Å². The first-order valence-electron chi connectivity index (χ1n) is 11.6. The van der Waals surface area contributed by atoms with Crippen molar-refractivity contribution < 1.29 is 4.92 Å². The van der Waals surface area contributed by atoms with Crippen LogP contribution in [-0.4, -0.2) is 24.5 Å². The fourth-order valence-corrected chi connectivity index (χ4v) is 4.42. The van der Waals surface area contributed by atoms with Crippen LogP contribution in [-0.2, 0) is 0 Å². The Bertz CT molecular complexity index is 1810. The van der Waals surface area contributed by atoms with Gasteiger partial charge in [0.25, 0.3) is 11.2 Å². The third-order valence-corrected chi connectivity index (χ3v) is 6.10. The zero-order chi connectivity index (χ0) is 25.4. The first kappa shape index (κ1) is 22.1. The summed E-state index contributed by atoms with van der Waals surface area (Å²) in [5, 5.41) is 21.7. The van der Waals surface area contributed by atoms with Gasteiger partial charge >= 0.3 is 0 Å². The Morgan fingerprint density at radius 3 is 1.89 bits per heavy atom. The molecule has 0 atom stereocenters. The molecule has 8 nitrogen and oxygen atoms in total. The topological polar surface area (TPSA) is 95.8 Å². The van der Waals surface area contributed by atoms with E-state index in [1.807, 2.05) is 91.0 Å². The zero-order valence-corrected chi connectivity index (χ0v) is 19.4. The lowest BCUT2D eigenvalue weighted by molar-refractivity contribution is -0.384. The minimum Gasteiger partial charge on any atom is -0.265 e. The highest BCUT2D eigenvalue weighted by Crippen LogP contribution is 2.36. The fraction of sp³-hybridized carbons (Fsp3) is 0. The van der Waals surface area contributed by atoms with Crippen LogP contribution >= 0.6 is 0 Å². The van der Waals surface area contributed by atoms with Gasteiger partial charge < -0.3 is 0 Å². The van der Waals surface area contributed by atoms with Gasteiger partial charge in [-0.1, -0.05) is 84.9 Å². The molecule has 6 rings (SSSR count). The van der Waals surface area contributed by atoms with Crippen LogP contribution < -0.4 is 5.56 Å². The minimum atomic E-state index is -0.450. The predicted octanol–water partition coefficient (Wildman–Crippen LogP) is 5.81. The van der Waals surface area contributed by atoms with E-state index in [1.54, 1.807) is 16.8 Å². The first-order chi connectivity index (χ1) is 18.1. The molecule has 178 valence electrons. The Morgan fingerprint density at radius 2 is 1.24 bits per heavy atom. The number of fused-ring (bicyclic) bond motifs is 1. The number of nitro groups is 1. The lowest BCUT2D eigenvalue weighted by atomic mass is 10.0. The number of aromatic nitrogens is 4. The van der Waals surface area contributed by atoms with Crippen LogP contribution in [0.4, 0.5) is 5.69 Å². The summed E-state index contributed by atoms with van der Waals surface area (Å²) in [5.74, 6) is 0. The second-order valence-electron chi connectivity index (χ2n) is 8.39. The Kier molecular flexibility index (Phi) is 5.39. The van der Waals surface area contributed by atoms with E-state index in [4.69, 9.17) is 10.2 Å². The predicted molar refractivity (Wildman–Crippen MR) is 142 cm³/mol. The molecule has 0 aliphatic heterocycles. The molecule has 0 radical (unpaired) electrons. The Morgan fingerprint density at radius 1 is 0.649 bits per heavy atom. The highest BCUT2D eigenvalue weighted by atomic mass is 16.6. The molecular weight excluding hydrogens is 466 g/mol. The van der Waals surface area contributed by atoms with Crippen LogP contribution in [0.15, 0.2) is 120 Å². The van der Waals surface area contributed by atoms with Crippen LogP contribution in [0.5, 0.6) is 0 Å². The van der Waals surface area contributed by atoms with E-state index in [0.29, 0.717) is 28.1 Å². The smallest absolute Gasteiger partial charge is 0.265 e. The van der Waals surface area contributed by atoms with Gasteiger partial charge in [0.15, 0.2) is 5.52 Å². The number of non-ortho nitro benzene ring substituents is 1. The van der Waals surface area contributed by atoms with Gasteiger partial charge in [0.2, 0.25) is 0 Å². The van der Waals surface area contributed by atoms with Crippen molar-refractivity contribution in [3.05, 3.63) is 136 Å². The second-order valence-corrected chi connectivity index (χ2v) is 8.39. The van der Waals surface area contributed by atoms with Gasteiger partial charge in [0, 0.05) is 23.3 Å². The molecule has 0 spiro atoms. The van der Waals surface area contributed by atoms with Crippen molar-refractivity contribution in [3.8, 4) is 33.9 Å². The van der Waals surface area contributed by atoms with E-state index in [0.717, 1.165) is 11.1 Å². The maximum atomic E-state index is 13.8. The van der Waals surface area contributed by atoms with Crippen LogP contribution in [0.2, 0.25) is 0 Å². The van der Waals surface area contributed by atoms with Crippen molar-refractivity contribution in [1.29, 1.82) is 0 Å². The summed E-state index contributed by atoms with van der Waals surface area (Å²) in [6, 6.07) is 34.5. The van der Waals surface area contributed by atoms with E-state index in [-0.39, 0.29) is 16.8 Å². The van der Waals surface area contributed by atoms with Crippen molar-refractivity contribution >= 4 is 16.6 Å². The van der Waals surface area contributed by atoms with Gasteiger partial charge in [-0.2, -0.15) is 14.9 Å². The average Bonchev–Trinajstić information content (AvgIpc) is 3.36. The molecule has 0 saturated carbocycles. The summed E-state index contributed by atoms with van der Waals surface area (Å²) in [7, 11) is 0. The summed E-state index contributed by atoms with van der Waals surface area (Å²) in [5.41, 5.74) is 3.64. The first-order valence-corrected chi connectivity index (χ1v) is 11.6. The van der Waals surface area contributed by atoms with E-state index >= 15 is 0 Å². The third-order valence-electron chi connectivity index (χ3n) is 6.10. The number of hydrogen-bond acceptors (Lipinski definition) is 5. The summed E-state index contributed by atoms with van der Waals surface area (Å²) < 4.78 is 2.95. The molecule has 6 aromatic rings. The molecule has 0 amide bonds. The number of para-hydroxylation sites is 1. The molecule has 0 unspecified atom stereocenters. The van der Waals surface area contributed by atoms with Gasteiger partial charge in [-0.05, 0) is 18.2 Å². The molecule has 2 aromatic heterocycles. The normalized spacial score (nSPS) is 11.0. The second kappa shape index (κ2) is 9.01. The summed E-state index contributed by atoms with van der Waals surface area (Å²) in [6.07, 6.45) is 0. The van der Waals surface area contributed by atoms with Crippen molar-refractivity contribution in [2.45, 2.75) is 0 Å². The minimum absolute atomic E-state index is 0.0702. The number of nitrogens with zero attached hydrogens (tertiary/aromatic N) is 5. The highest BCUT2D eigenvalue weighted by molar-refractivity contribution is 6.02. The van der Waals surface area contributed by atoms with E-state index in [1.165, 1.54) is 16.8 Å². The van der Waals surface area contributed by atoms with Crippen LogP contribution in [0.25, 0.3) is 44.8 Å². The zero-order valence-electron chi connectivity index (χ0n) is 19.4. The monoisotopic (exact) mass is 485 g/mol. The Balaban J connectivity index is 1.78. The number of nitro benzene ring substituents is 1. The SMILES string of the molecule is O=c1c2nn(-c3cccc([N+](=O)[O-])c3)c(-c3ccccc3)c2c(-c2ccccc2)nn1-c1ccccc1. The molecule has 8 heteroatoms. The number of hydrogen-bond donors (Lipinski definition) is 0. The fourth-order valence-electron chi connectivity index (χ4n) is 4.42. The maximum absolute atomic E-state index is 13.8. The number of benzene rings is 4. The van der Waals surface area contributed by atoms with Crippen molar-refractivity contribution in [3.63, 3.8) is 0 Å². The molecule has 0 bridgehead atoms.